The summed E-state index contributed by atoms with van der Waals surface area (Å²) in [5.41, 5.74) is 6.72. The lowest BCUT2D eigenvalue weighted by molar-refractivity contribution is 0.173. The van der Waals surface area contributed by atoms with Gasteiger partial charge in [0.05, 0.1) is 4.47 Å². The number of benzene rings is 1. The monoisotopic (exact) mass is 271 g/mol. The topological polar surface area (TPSA) is 44.5 Å². The van der Waals surface area contributed by atoms with Crippen LogP contribution >= 0.6 is 15.9 Å². The van der Waals surface area contributed by atoms with E-state index >= 15 is 0 Å². The van der Waals surface area contributed by atoms with Gasteiger partial charge in [0.1, 0.15) is 0 Å². The highest BCUT2D eigenvalue weighted by molar-refractivity contribution is 9.10. The Balaban J connectivity index is 2.09. The van der Waals surface area contributed by atoms with Gasteiger partial charge in [-0.15, -0.1) is 0 Å². The zero-order valence-electron chi connectivity index (χ0n) is 8.46. The maximum Gasteiger partial charge on any atom is 0.231 e. The molecule has 2 rings (SSSR count). The summed E-state index contributed by atoms with van der Waals surface area (Å²) in [6.07, 6.45) is 3.21. The number of nitrogens with two attached hydrogens (primary N) is 1. The van der Waals surface area contributed by atoms with Crippen LogP contribution in [0, 0.1) is 0 Å². The zero-order chi connectivity index (χ0) is 10.7. The van der Waals surface area contributed by atoms with Crippen molar-refractivity contribution in [1.29, 1.82) is 0 Å². The number of fused-ring (bicyclic) bond motifs is 1. The van der Waals surface area contributed by atoms with E-state index in [-0.39, 0.29) is 0 Å². The molecule has 1 aliphatic heterocycles. The second-order valence-electron chi connectivity index (χ2n) is 3.56. The van der Waals surface area contributed by atoms with Gasteiger partial charge in [0.25, 0.3) is 0 Å². The fourth-order valence-electron chi connectivity index (χ4n) is 1.64. The third-order valence-electron chi connectivity index (χ3n) is 2.41. The highest BCUT2D eigenvalue weighted by atomic mass is 79.9. The molecule has 0 amide bonds. The predicted molar refractivity (Wildman–Crippen MR) is 62.3 cm³/mol. The Morgan fingerprint density at radius 2 is 2.13 bits per heavy atom. The molecule has 1 aromatic rings. The van der Waals surface area contributed by atoms with E-state index in [4.69, 9.17) is 15.2 Å². The third kappa shape index (κ3) is 2.44. The Hall–Kier alpha value is -0.740. The molecule has 0 bridgehead atoms. The summed E-state index contributed by atoms with van der Waals surface area (Å²) in [6.45, 7) is 1.08. The first kappa shape index (κ1) is 10.8. The molecule has 1 aromatic carbocycles. The summed E-state index contributed by atoms with van der Waals surface area (Å²) in [6, 6.07) is 4.13. The summed E-state index contributed by atoms with van der Waals surface area (Å²) in [7, 11) is 0. The minimum atomic E-state index is 0.320. The van der Waals surface area contributed by atoms with Crippen LogP contribution in [0.5, 0.6) is 11.5 Å². The third-order valence-corrected chi connectivity index (χ3v) is 3.00. The quantitative estimate of drug-likeness (QED) is 0.856. The van der Waals surface area contributed by atoms with Crippen molar-refractivity contribution in [2.24, 2.45) is 5.73 Å². The lowest BCUT2D eigenvalue weighted by atomic mass is 10.1. The van der Waals surface area contributed by atoms with E-state index in [9.17, 15) is 0 Å². The fourth-order valence-corrected chi connectivity index (χ4v) is 2.24. The van der Waals surface area contributed by atoms with Gasteiger partial charge in [0.15, 0.2) is 11.5 Å². The van der Waals surface area contributed by atoms with E-state index in [2.05, 4.69) is 22.0 Å². The highest BCUT2D eigenvalue weighted by Crippen LogP contribution is 2.40. The molecule has 0 saturated carbocycles. The molecule has 82 valence electrons. The first-order valence-electron chi connectivity index (χ1n) is 5.09. The van der Waals surface area contributed by atoms with E-state index in [0.29, 0.717) is 6.79 Å². The number of ether oxygens (including phenoxy) is 2. The van der Waals surface area contributed by atoms with E-state index in [0.717, 1.165) is 41.8 Å². The summed E-state index contributed by atoms with van der Waals surface area (Å²) in [5.74, 6) is 1.66. The molecule has 0 aromatic heterocycles. The van der Waals surface area contributed by atoms with E-state index in [1.165, 1.54) is 5.56 Å². The molecule has 0 radical (unpaired) electrons. The molecular weight excluding hydrogens is 258 g/mol. The summed E-state index contributed by atoms with van der Waals surface area (Å²) in [5, 5.41) is 0. The molecular formula is C11H14BrNO2. The minimum Gasteiger partial charge on any atom is -0.454 e. The molecule has 4 heteroatoms. The molecule has 0 saturated heterocycles. The smallest absolute Gasteiger partial charge is 0.231 e. The van der Waals surface area contributed by atoms with Crippen LogP contribution in [0.3, 0.4) is 0 Å². The molecule has 1 heterocycles. The molecule has 3 nitrogen and oxygen atoms in total. The fraction of sp³-hybridized carbons (Fsp3) is 0.455. The number of aryl methyl sites for hydroxylation is 1. The van der Waals surface area contributed by atoms with Crippen molar-refractivity contribution in [2.45, 2.75) is 19.3 Å². The van der Waals surface area contributed by atoms with Gasteiger partial charge in [-0.25, -0.2) is 0 Å². The normalized spacial score (nSPS) is 13.2. The number of hydrogen-bond acceptors (Lipinski definition) is 3. The van der Waals surface area contributed by atoms with Crippen molar-refractivity contribution < 1.29 is 9.47 Å². The molecule has 0 unspecified atom stereocenters. The highest BCUT2D eigenvalue weighted by Gasteiger charge is 2.17. The molecule has 1 aliphatic rings. The molecule has 2 N–H and O–H groups in total. The van der Waals surface area contributed by atoms with Gasteiger partial charge < -0.3 is 15.2 Å². The first-order chi connectivity index (χ1) is 7.31. The summed E-state index contributed by atoms with van der Waals surface area (Å²) >= 11 is 3.48. The van der Waals surface area contributed by atoms with Gasteiger partial charge in [0.2, 0.25) is 6.79 Å². The van der Waals surface area contributed by atoms with Crippen LogP contribution in [-0.4, -0.2) is 13.3 Å². The van der Waals surface area contributed by atoms with Crippen LogP contribution in [-0.2, 0) is 6.42 Å². The lowest BCUT2D eigenvalue weighted by Crippen LogP contribution is -1.99. The maximum atomic E-state index is 5.46. The Morgan fingerprint density at radius 1 is 1.27 bits per heavy atom. The Labute approximate surface area is 97.7 Å². The summed E-state index contributed by atoms with van der Waals surface area (Å²) in [4.78, 5) is 0. The van der Waals surface area contributed by atoms with E-state index < -0.39 is 0 Å². The minimum absolute atomic E-state index is 0.320. The average Bonchev–Trinajstić information content (AvgIpc) is 2.66. The van der Waals surface area contributed by atoms with Crippen molar-refractivity contribution in [3.05, 3.63) is 22.2 Å². The van der Waals surface area contributed by atoms with Crippen molar-refractivity contribution >= 4 is 15.9 Å². The van der Waals surface area contributed by atoms with Crippen LogP contribution in [0.25, 0.3) is 0 Å². The van der Waals surface area contributed by atoms with Gasteiger partial charge >= 0.3 is 0 Å². The van der Waals surface area contributed by atoms with Gasteiger partial charge in [0, 0.05) is 0 Å². The van der Waals surface area contributed by atoms with Crippen LogP contribution in [0.1, 0.15) is 18.4 Å². The Bertz CT molecular complexity index is 355. The van der Waals surface area contributed by atoms with Crippen LogP contribution < -0.4 is 15.2 Å². The van der Waals surface area contributed by atoms with Crippen molar-refractivity contribution in [3.63, 3.8) is 0 Å². The van der Waals surface area contributed by atoms with Crippen LogP contribution in [0.4, 0.5) is 0 Å². The largest absolute Gasteiger partial charge is 0.454 e. The van der Waals surface area contributed by atoms with E-state index in [1.54, 1.807) is 0 Å². The van der Waals surface area contributed by atoms with Crippen LogP contribution in [0.2, 0.25) is 0 Å². The zero-order valence-corrected chi connectivity index (χ0v) is 10.0. The molecule has 0 fully saturated rings. The molecule has 0 aliphatic carbocycles. The molecule has 15 heavy (non-hydrogen) atoms. The SMILES string of the molecule is NCCCCc1cc(Br)c2c(c1)OCO2. The molecule has 0 spiro atoms. The number of hydrogen-bond donors (Lipinski definition) is 1. The number of unbranched alkanes of at least 4 members (excludes halogenated alkanes) is 1. The maximum absolute atomic E-state index is 5.46. The van der Waals surface area contributed by atoms with Crippen LogP contribution in [0.15, 0.2) is 16.6 Å². The Morgan fingerprint density at radius 3 is 2.93 bits per heavy atom. The standard InChI is InChI=1S/C11H14BrNO2/c12-9-5-8(3-1-2-4-13)6-10-11(9)15-7-14-10/h5-6H,1-4,7,13H2. The Kier molecular flexibility index (Phi) is 3.49. The van der Waals surface area contributed by atoms with Crippen molar-refractivity contribution in [3.8, 4) is 11.5 Å². The predicted octanol–water partition coefficient (Wildman–Crippen LogP) is 2.46. The second kappa shape index (κ2) is 4.86. The van der Waals surface area contributed by atoms with Gasteiger partial charge in [-0.1, -0.05) is 0 Å². The second-order valence-corrected chi connectivity index (χ2v) is 4.41. The van der Waals surface area contributed by atoms with Gasteiger partial charge in [-0.05, 0) is 59.4 Å². The van der Waals surface area contributed by atoms with Crippen molar-refractivity contribution in [2.75, 3.05) is 13.3 Å². The summed E-state index contributed by atoms with van der Waals surface area (Å²) < 4.78 is 11.6. The van der Waals surface area contributed by atoms with Crippen molar-refractivity contribution in [1.82, 2.24) is 0 Å². The lowest BCUT2D eigenvalue weighted by Gasteiger charge is -2.04. The number of halogens is 1. The van der Waals surface area contributed by atoms with Gasteiger partial charge in [-0.2, -0.15) is 0 Å². The van der Waals surface area contributed by atoms with E-state index in [1.807, 2.05) is 6.07 Å². The number of rotatable bonds is 4. The average molecular weight is 272 g/mol. The first-order valence-corrected chi connectivity index (χ1v) is 5.88. The van der Waals surface area contributed by atoms with Gasteiger partial charge in [-0.3, -0.25) is 0 Å². The molecule has 0 atom stereocenters.